The van der Waals surface area contributed by atoms with E-state index in [1.165, 1.54) is 72.9 Å². The maximum atomic E-state index is 14.1. The van der Waals surface area contributed by atoms with Crippen LogP contribution in [0.5, 0.6) is 0 Å². The van der Waals surface area contributed by atoms with Crippen LogP contribution in [-0.4, -0.2) is 23.4 Å². The molecule has 0 saturated heterocycles. The lowest BCUT2D eigenvalue weighted by molar-refractivity contribution is -0.134. The maximum Gasteiger partial charge on any atom is 0.246 e. The van der Waals surface area contributed by atoms with Crippen molar-refractivity contribution < 1.29 is 4.79 Å². The van der Waals surface area contributed by atoms with E-state index in [4.69, 9.17) is 0 Å². The molecule has 0 bridgehead atoms. The molecule has 1 saturated carbocycles. The van der Waals surface area contributed by atoms with E-state index < -0.39 is 0 Å². The first-order valence-corrected chi connectivity index (χ1v) is 12.4. The highest BCUT2D eigenvalue weighted by Gasteiger charge is 2.51. The normalized spacial score (nSPS) is 23.0. The highest BCUT2D eigenvalue weighted by Crippen LogP contribution is 2.50. The third-order valence-corrected chi connectivity index (χ3v) is 8.09. The Morgan fingerprint density at radius 1 is 0.903 bits per heavy atom. The van der Waals surface area contributed by atoms with E-state index in [2.05, 4.69) is 59.6 Å². The van der Waals surface area contributed by atoms with Gasteiger partial charge in [0.2, 0.25) is 5.91 Å². The molecule has 2 aromatic rings. The Kier molecular flexibility index (Phi) is 5.77. The monoisotopic (exact) mass is 416 g/mol. The number of rotatable bonds is 1. The molecule has 0 aromatic heterocycles. The average molecular weight is 417 g/mol. The van der Waals surface area contributed by atoms with Crippen LogP contribution in [0.2, 0.25) is 0 Å². The predicted molar refractivity (Wildman–Crippen MR) is 127 cm³/mol. The molecule has 164 valence electrons. The van der Waals surface area contributed by atoms with Crippen molar-refractivity contribution in [3.8, 4) is 0 Å². The Morgan fingerprint density at radius 3 is 2.32 bits per heavy atom. The van der Waals surface area contributed by atoms with Gasteiger partial charge in [-0.1, -0.05) is 87.4 Å². The molecule has 2 aromatic carbocycles. The second-order valence-electron chi connectivity index (χ2n) is 9.98. The van der Waals surface area contributed by atoms with Gasteiger partial charge in [-0.25, -0.2) is 0 Å². The molecule has 3 aliphatic rings. The van der Waals surface area contributed by atoms with Crippen LogP contribution in [0, 0.1) is 6.92 Å². The van der Waals surface area contributed by atoms with Crippen molar-refractivity contribution in [1.82, 2.24) is 4.90 Å². The maximum absolute atomic E-state index is 14.1. The van der Waals surface area contributed by atoms with Gasteiger partial charge in [0, 0.05) is 24.2 Å². The summed E-state index contributed by atoms with van der Waals surface area (Å²) in [6, 6.07) is 15.2. The molecular weight excluding hydrogens is 380 g/mol. The summed E-state index contributed by atoms with van der Waals surface area (Å²) >= 11 is 0. The second kappa shape index (κ2) is 8.68. The van der Waals surface area contributed by atoms with Gasteiger partial charge >= 0.3 is 0 Å². The van der Waals surface area contributed by atoms with E-state index in [-0.39, 0.29) is 11.5 Å². The van der Waals surface area contributed by atoms with Crippen LogP contribution in [0.3, 0.4) is 0 Å². The number of carbonyl (C=O) groups is 1. The highest BCUT2D eigenvalue weighted by molar-refractivity contribution is 5.91. The number of fused-ring (bicyclic) bond motifs is 3. The van der Waals surface area contributed by atoms with Crippen LogP contribution >= 0.6 is 0 Å². The Balaban J connectivity index is 1.49. The summed E-state index contributed by atoms with van der Waals surface area (Å²) in [6.45, 7) is 3.77. The summed E-state index contributed by atoms with van der Waals surface area (Å²) in [7, 11) is 0. The van der Waals surface area contributed by atoms with Crippen molar-refractivity contribution in [3.05, 3.63) is 64.7 Å². The summed E-state index contributed by atoms with van der Waals surface area (Å²) < 4.78 is 0. The molecule has 1 unspecified atom stereocenters. The number of nitrogens with zero attached hydrogens (tertiary/aromatic N) is 1. The minimum absolute atomic E-state index is 0.0628. The topological polar surface area (TPSA) is 32.3 Å². The molecule has 1 N–H and O–H groups in total. The van der Waals surface area contributed by atoms with Crippen molar-refractivity contribution in [2.75, 3.05) is 11.9 Å². The number of amides is 1. The quantitative estimate of drug-likeness (QED) is 0.606. The van der Waals surface area contributed by atoms with Gasteiger partial charge in [0.15, 0.2) is 0 Å². The third-order valence-electron chi connectivity index (χ3n) is 8.09. The summed E-state index contributed by atoms with van der Waals surface area (Å²) in [4.78, 5) is 16.2. The number of aryl methyl sites for hydroxylation is 1. The molecule has 1 fully saturated rings. The number of carbonyl (C=O) groups excluding carboxylic acids is 1. The molecule has 1 amide bonds. The molecule has 0 radical (unpaired) electrons. The van der Waals surface area contributed by atoms with Gasteiger partial charge < -0.3 is 10.2 Å². The summed E-state index contributed by atoms with van der Waals surface area (Å²) in [5.74, 6) is 0.308. The molecule has 3 nitrogen and oxygen atoms in total. The lowest BCUT2D eigenvalue weighted by Crippen LogP contribution is -2.52. The number of benzene rings is 2. The highest BCUT2D eigenvalue weighted by atomic mass is 16.2. The van der Waals surface area contributed by atoms with Gasteiger partial charge in [-0.3, -0.25) is 4.79 Å². The number of para-hydroxylation sites is 1. The molecule has 31 heavy (non-hydrogen) atoms. The zero-order valence-electron chi connectivity index (χ0n) is 19.0. The third kappa shape index (κ3) is 3.77. The van der Waals surface area contributed by atoms with E-state index in [0.29, 0.717) is 5.91 Å². The number of nitrogens with one attached hydrogen (secondary N) is 1. The Morgan fingerprint density at radius 2 is 1.58 bits per heavy atom. The zero-order chi connectivity index (χ0) is 21.3. The van der Waals surface area contributed by atoms with Crippen LogP contribution in [0.1, 0.15) is 80.0 Å². The largest absolute Gasteiger partial charge is 0.373 e. The zero-order valence-corrected chi connectivity index (χ0v) is 19.0. The van der Waals surface area contributed by atoms with Crippen LogP contribution in [-0.2, 0) is 23.2 Å². The van der Waals surface area contributed by atoms with Crippen LogP contribution in [0.15, 0.2) is 42.5 Å². The first-order chi connectivity index (χ1) is 15.2. The van der Waals surface area contributed by atoms with Gasteiger partial charge in [-0.2, -0.15) is 0 Å². The molecule has 3 heteroatoms. The summed E-state index contributed by atoms with van der Waals surface area (Å²) in [6.07, 6.45) is 12.3. The minimum Gasteiger partial charge on any atom is -0.373 e. The van der Waals surface area contributed by atoms with Gasteiger partial charge in [-0.15, -0.1) is 0 Å². The number of anilines is 1. The van der Waals surface area contributed by atoms with E-state index in [9.17, 15) is 4.79 Å². The fraction of sp³-hybridized carbons (Fsp3) is 0.536. The van der Waals surface area contributed by atoms with Gasteiger partial charge in [0.05, 0.1) is 0 Å². The van der Waals surface area contributed by atoms with E-state index >= 15 is 0 Å². The standard InChI is InChI=1S/C28H36N2O/c1-21-12-11-15-24-25(21)29-26(28(24)17-9-5-3-2-4-6-10-18-28)27(31)30-19-16-22-13-7-8-14-23(22)20-30/h7-8,11-15,26,29H,2-6,9-10,16-20H2,1H3. The van der Waals surface area contributed by atoms with Crippen LogP contribution in [0.25, 0.3) is 0 Å². The van der Waals surface area contributed by atoms with Gasteiger partial charge in [-0.05, 0) is 48.4 Å². The van der Waals surface area contributed by atoms with Crippen molar-refractivity contribution >= 4 is 11.6 Å². The van der Waals surface area contributed by atoms with Crippen molar-refractivity contribution in [1.29, 1.82) is 0 Å². The predicted octanol–water partition coefficient (Wildman–Crippen LogP) is 6.14. The van der Waals surface area contributed by atoms with E-state index in [0.717, 1.165) is 32.4 Å². The average Bonchev–Trinajstić information content (AvgIpc) is 3.13. The molecule has 2 aliphatic heterocycles. The molecule has 1 spiro atoms. The van der Waals surface area contributed by atoms with E-state index in [1.54, 1.807) is 0 Å². The van der Waals surface area contributed by atoms with Crippen LogP contribution < -0.4 is 5.32 Å². The van der Waals surface area contributed by atoms with E-state index in [1.807, 2.05) is 0 Å². The lowest BCUT2D eigenvalue weighted by atomic mass is 9.68. The SMILES string of the molecule is Cc1cccc2c1NC(C(=O)N1CCc3ccccc3C1)C21CCCCCCCCC1. The number of hydrogen-bond donors (Lipinski definition) is 1. The van der Waals surface area contributed by atoms with Crippen LogP contribution in [0.4, 0.5) is 5.69 Å². The first kappa shape index (κ1) is 20.6. The number of hydrogen-bond acceptors (Lipinski definition) is 2. The second-order valence-corrected chi connectivity index (χ2v) is 9.98. The fourth-order valence-corrected chi connectivity index (χ4v) is 6.32. The molecular formula is C28H36N2O. The van der Waals surface area contributed by atoms with Crippen molar-refractivity contribution in [3.63, 3.8) is 0 Å². The fourth-order valence-electron chi connectivity index (χ4n) is 6.32. The molecule has 1 aliphatic carbocycles. The molecule has 1 atom stereocenters. The summed E-state index contributed by atoms with van der Waals surface area (Å²) in [5.41, 5.74) is 6.56. The summed E-state index contributed by atoms with van der Waals surface area (Å²) in [5, 5.41) is 3.78. The smallest absolute Gasteiger partial charge is 0.246 e. The Hall–Kier alpha value is -2.29. The van der Waals surface area contributed by atoms with Gasteiger partial charge in [0.25, 0.3) is 0 Å². The lowest BCUT2D eigenvalue weighted by Gasteiger charge is -2.39. The van der Waals surface area contributed by atoms with Crippen molar-refractivity contribution in [2.24, 2.45) is 0 Å². The Labute approximate surface area is 187 Å². The first-order valence-electron chi connectivity index (χ1n) is 12.4. The van der Waals surface area contributed by atoms with Gasteiger partial charge in [0.1, 0.15) is 6.04 Å². The minimum atomic E-state index is -0.131. The van der Waals surface area contributed by atoms with Crippen molar-refractivity contribution in [2.45, 2.75) is 89.1 Å². The Bertz CT molecular complexity index is 940. The molecule has 5 rings (SSSR count). The molecule has 2 heterocycles.